The van der Waals surface area contributed by atoms with Crippen LogP contribution in [0.4, 0.5) is 0 Å². The number of nitrogens with zero attached hydrogens (tertiary/aromatic N) is 3. The van der Waals surface area contributed by atoms with Crippen LogP contribution in [-0.4, -0.2) is 102 Å². The highest BCUT2D eigenvalue weighted by Crippen LogP contribution is 2.17. The molecule has 0 atom stereocenters. The molecular weight excluding hydrogens is 430 g/mol. The van der Waals surface area contributed by atoms with Gasteiger partial charge in [-0.25, -0.2) is 0 Å². The van der Waals surface area contributed by atoms with Gasteiger partial charge < -0.3 is 28.0 Å². The molecule has 0 saturated heterocycles. The van der Waals surface area contributed by atoms with Crippen LogP contribution in [0.3, 0.4) is 0 Å². The van der Waals surface area contributed by atoms with Crippen LogP contribution in [-0.2, 0) is 13.3 Å². The second kappa shape index (κ2) is 22.4. The Labute approximate surface area is 208 Å². The molecule has 0 aliphatic heterocycles. The first-order valence-electron chi connectivity index (χ1n) is 14.1. The maximum Gasteiger partial charge on any atom is 0.502 e. The van der Waals surface area contributed by atoms with Crippen LogP contribution in [0.25, 0.3) is 0 Å². The molecule has 0 radical (unpaired) electrons. The molecule has 0 aliphatic rings. The molecular formula is C26H59N3O3Si. The third-order valence-corrected chi connectivity index (χ3v) is 8.91. The Morgan fingerprint density at radius 1 is 0.424 bits per heavy atom. The molecule has 0 saturated carbocycles. The van der Waals surface area contributed by atoms with E-state index in [4.69, 9.17) is 13.3 Å². The van der Waals surface area contributed by atoms with E-state index in [0.717, 1.165) is 25.7 Å². The monoisotopic (exact) mass is 489 g/mol. The van der Waals surface area contributed by atoms with Crippen molar-refractivity contribution >= 4 is 8.80 Å². The van der Waals surface area contributed by atoms with Gasteiger partial charge in [-0.15, -0.1) is 0 Å². The number of rotatable bonds is 25. The van der Waals surface area contributed by atoms with Gasteiger partial charge in [0.25, 0.3) is 0 Å². The van der Waals surface area contributed by atoms with Crippen molar-refractivity contribution in [1.29, 1.82) is 0 Å². The Morgan fingerprint density at radius 2 is 0.727 bits per heavy atom. The normalized spacial score (nSPS) is 12.5. The molecule has 0 spiro atoms. The molecule has 0 aromatic carbocycles. The molecule has 0 aromatic heterocycles. The largest absolute Gasteiger partial charge is 0.502 e. The van der Waals surface area contributed by atoms with E-state index in [1.54, 1.807) is 0 Å². The van der Waals surface area contributed by atoms with Gasteiger partial charge in [-0.2, -0.15) is 0 Å². The third-order valence-electron chi connectivity index (χ3n) is 5.88. The lowest BCUT2D eigenvalue weighted by Crippen LogP contribution is -2.48. The minimum absolute atomic E-state index is 0.651. The summed E-state index contributed by atoms with van der Waals surface area (Å²) in [5.74, 6) is 0. The van der Waals surface area contributed by atoms with Crippen molar-refractivity contribution in [3.63, 3.8) is 0 Å². The molecule has 7 heteroatoms. The van der Waals surface area contributed by atoms with Crippen LogP contribution in [0.15, 0.2) is 0 Å². The lowest BCUT2D eigenvalue weighted by molar-refractivity contribution is 0.0676. The molecule has 0 aliphatic carbocycles. The summed E-state index contributed by atoms with van der Waals surface area (Å²) in [6.07, 6.45) is 7.39. The van der Waals surface area contributed by atoms with Crippen molar-refractivity contribution < 1.29 is 13.3 Å². The van der Waals surface area contributed by atoms with Gasteiger partial charge in [0.2, 0.25) is 0 Å². The molecule has 0 N–H and O–H groups in total. The lowest BCUT2D eigenvalue weighted by atomic mass is 10.2. The first-order chi connectivity index (χ1) is 16.0. The first-order valence-corrected chi connectivity index (χ1v) is 16.1. The summed E-state index contributed by atoms with van der Waals surface area (Å²) in [5.41, 5.74) is 0. The molecule has 0 rings (SSSR count). The number of hydrogen-bond acceptors (Lipinski definition) is 6. The summed E-state index contributed by atoms with van der Waals surface area (Å²) in [7, 11) is -2.59. The quantitative estimate of drug-likeness (QED) is 0.161. The maximum absolute atomic E-state index is 6.13. The topological polar surface area (TPSA) is 37.4 Å². The first kappa shape index (κ1) is 33.0. The van der Waals surface area contributed by atoms with Gasteiger partial charge in [-0.1, -0.05) is 27.7 Å². The highest BCUT2D eigenvalue weighted by atomic mass is 28.4. The second-order valence-electron chi connectivity index (χ2n) is 8.96. The molecule has 0 unspecified atom stereocenters. The molecule has 0 amide bonds. The highest BCUT2D eigenvalue weighted by Gasteiger charge is 2.40. The van der Waals surface area contributed by atoms with Gasteiger partial charge in [0.1, 0.15) is 0 Å². The fraction of sp³-hybridized carbons (Fsp3) is 1.00. The van der Waals surface area contributed by atoms with Gasteiger partial charge in [-0.3, -0.25) is 0 Å². The standard InChI is InChI=1S/C26H59N3O3Si/c1-8-17-27(18-9-2)21-15-23-29(24-16-22-28(19-10-3)20-11-4)25-26-33(30-12-5,31-13-6)32-14-7/h8-26H2,1-7H3. The van der Waals surface area contributed by atoms with Crippen molar-refractivity contribution in [2.24, 2.45) is 0 Å². The molecule has 6 nitrogen and oxygen atoms in total. The smallest absolute Gasteiger partial charge is 0.374 e. The predicted octanol–water partition coefficient (Wildman–Crippen LogP) is 5.36. The fourth-order valence-corrected chi connectivity index (χ4v) is 7.20. The molecule has 33 heavy (non-hydrogen) atoms. The van der Waals surface area contributed by atoms with Crippen LogP contribution in [0.2, 0.25) is 6.04 Å². The van der Waals surface area contributed by atoms with E-state index in [1.165, 1.54) is 77.8 Å². The number of hydrogen-bond donors (Lipinski definition) is 0. The van der Waals surface area contributed by atoms with Crippen LogP contribution in [0.1, 0.15) is 87.0 Å². The Balaban J connectivity index is 5.01. The van der Waals surface area contributed by atoms with E-state index in [9.17, 15) is 0 Å². The van der Waals surface area contributed by atoms with Gasteiger partial charge in [0.05, 0.1) is 0 Å². The van der Waals surface area contributed by atoms with Crippen LogP contribution < -0.4 is 0 Å². The zero-order valence-corrected chi connectivity index (χ0v) is 24.5. The Hall–Kier alpha value is -0.0231. The summed E-state index contributed by atoms with van der Waals surface area (Å²) < 4.78 is 18.4. The summed E-state index contributed by atoms with van der Waals surface area (Å²) >= 11 is 0. The van der Waals surface area contributed by atoms with Crippen molar-refractivity contribution in [2.75, 3.05) is 78.7 Å². The van der Waals surface area contributed by atoms with Crippen molar-refractivity contribution in [3.8, 4) is 0 Å². The molecule has 200 valence electrons. The minimum atomic E-state index is -2.59. The van der Waals surface area contributed by atoms with Crippen LogP contribution in [0, 0.1) is 0 Å². The van der Waals surface area contributed by atoms with Gasteiger partial charge in [-0.05, 0) is 112 Å². The van der Waals surface area contributed by atoms with Crippen LogP contribution >= 0.6 is 0 Å². The average Bonchev–Trinajstić information content (AvgIpc) is 2.78. The van der Waals surface area contributed by atoms with Crippen molar-refractivity contribution in [3.05, 3.63) is 0 Å². The zero-order chi connectivity index (χ0) is 24.8. The van der Waals surface area contributed by atoms with Gasteiger partial charge in [0.15, 0.2) is 0 Å². The summed E-state index contributed by atoms with van der Waals surface area (Å²) in [4.78, 5) is 7.90. The predicted molar refractivity (Wildman–Crippen MR) is 145 cm³/mol. The Bertz CT molecular complexity index is 367. The fourth-order valence-electron chi connectivity index (χ4n) is 4.60. The van der Waals surface area contributed by atoms with Crippen molar-refractivity contribution in [1.82, 2.24) is 14.7 Å². The average molecular weight is 490 g/mol. The van der Waals surface area contributed by atoms with Crippen molar-refractivity contribution in [2.45, 2.75) is 93.0 Å². The molecule has 0 aromatic rings. The van der Waals surface area contributed by atoms with Crippen LogP contribution in [0.5, 0.6) is 0 Å². The molecule has 0 heterocycles. The second-order valence-corrected chi connectivity index (χ2v) is 11.7. The van der Waals surface area contributed by atoms with E-state index in [2.05, 4.69) is 42.4 Å². The maximum atomic E-state index is 6.13. The SMILES string of the molecule is CCCN(CCC)CCCN(CCCN(CCC)CCC)CC[Si](OCC)(OCC)OCC. The van der Waals surface area contributed by atoms with E-state index >= 15 is 0 Å². The summed E-state index contributed by atoms with van der Waals surface area (Å²) in [6, 6.07) is 0.879. The van der Waals surface area contributed by atoms with Gasteiger partial charge in [0, 0.05) is 32.4 Å². The van der Waals surface area contributed by atoms with E-state index in [0.29, 0.717) is 19.8 Å². The summed E-state index contributed by atoms with van der Waals surface area (Å²) in [6.45, 7) is 27.7. The van der Waals surface area contributed by atoms with E-state index < -0.39 is 8.80 Å². The highest BCUT2D eigenvalue weighted by molar-refractivity contribution is 6.60. The molecule has 0 fully saturated rings. The Morgan fingerprint density at radius 3 is 1.00 bits per heavy atom. The van der Waals surface area contributed by atoms with E-state index in [-0.39, 0.29) is 0 Å². The molecule has 0 bridgehead atoms. The minimum Gasteiger partial charge on any atom is -0.374 e. The van der Waals surface area contributed by atoms with Gasteiger partial charge >= 0.3 is 8.80 Å². The zero-order valence-electron chi connectivity index (χ0n) is 23.5. The third kappa shape index (κ3) is 16.3. The summed E-state index contributed by atoms with van der Waals surface area (Å²) in [5, 5.41) is 0. The lowest BCUT2D eigenvalue weighted by Gasteiger charge is -2.32. The Kier molecular flexibility index (Phi) is 22.4. The van der Waals surface area contributed by atoms with E-state index in [1.807, 2.05) is 20.8 Å².